The summed E-state index contributed by atoms with van der Waals surface area (Å²) < 4.78 is 4.89. The number of rotatable bonds is 3. The third kappa shape index (κ3) is 3.32. The van der Waals surface area contributed by atoms with Gasteiger partial charge in [0.15, 0.2) is 0 Å². The molecule has 1 fully saturated rings. The number of ether oxygens (including phenoxy) is 1. The van der Waals surface area contributed by atoms with E-state index < -0.39 is 0 Å². The Kier molecular flexibility index (Phi) is 4.18. The first-order valence-electron chi connectivity index (χ1n) is 4.84. The summed E-state index contributed by atoms with van der Waals surface area (Å²) in [5, 5.41) is 3.28. The normalized spacial score (nSPS) is 24.3. The molecule has 0 amide bonds. The van der Waals surface area contributed by atoms with Gasteiger partial charge in [0.05, 0.1) is 13.2 Å². The Morgan fingerprint density at radius 2 is 2.46 bits per heavy atom. The maximum Gasteiger partial charge on any atom is 0.320 e. The van der Waals surface area contributed by atoms with Crippen molar-refractivity contribution in [2.24, 2.45) is 0 Å². The average molecular weight is 186 g/mol. The lowest BCUT2D eigenvalue weighted by Gasteiger charge is -2.32. The number of carbonyl (C=O) groups excluding carboxylic acids is 1. The van der Waals surface area contributed by atoms with E-state index in [1.54, 1.807) is 0 Å². The lowest BCUT2D eigenvalue weighted by Crippen LogP contribution is -2.51. The number of carbonyl (C=O) groups is 1. The Morgan fingerprint density at radius 1 is 1.69 bits per heavy atom. The van der Waals surface area contributed by atoms with Crippen molar-refractivity contribution in [1.29, 1.82) is 0 Å². The molecule has 1 rings (SSSR count). The summed E-state index contributed by atoms with van der Waals surface area (Å²) in [6.07, 6.45) is 0. The van der Waals surface area contributed by atoms with Gasteiger partial charge in [-0.3, -0.25) is 9.69 Å². The first-order chi connectivity index (χ1) is 6.24. The molecule has 1 aliphatic rings. The lowest BCUT2D eigenvalue weighted by molar-refractivity contribution is -0.145. The smallest absolute Gasteiger partial charge is 0.320 e. The van der Waals surface area contributed by atoms with Crippen LogP contribution in [-0.4, -0.2) is 49.7 Å². The van der Waals surface area contributed by atoms with E-state index in [2.05, 4.69) is 17.1 Å². The highest BCUT2D eigenvalue weighted by molar-refractivity contribution is 5.71. The fourth-order valence-electron chi connectivity index (χ4n) is 1.49. The Labute approximate surface area is 79.2 Å². The molecule has 0 aromatic carbocycles. The zero-order valence-electron chi connectivity index (χ0n) is 8.38. The number of esters is 1. The van der Waals surface area contributed by atoms with Crippen molar-refractivity contribution in [1.82, 2.24) is 10.2 Å². The molecule has 0 unspecified atom stereocenters. The van der Waals surface area contributed by atoms with Crippen LogP contribution in [0, 0.1) is 0 Å². The quantitative estimate of drug-likeness (QED) is 0.622. The summed E-state index contributed by atoms with van der Waals surface area (Å²) in [4.78, 5) is 13.3. The number of hydrogen-bond acceptors (Lipinski definition) is 4. The zero-order chi connectivity index (χ0) is 9.68. The fourth-order valence-corrected chi connectivity index (χ4v) is 1.49. The molecular weight excluding hydrogens is 168 g/mol. The lowest BCUT2D eigenvalue weighted by atomic mass is 10.2. The van der Waals surface area contributed by atoms with Crippen LogP contribution in [0.4, 0.5) is 0 Å². The SMILES string of the molecule is CCOC(=O)CN1CCNC[C@@H]1C. The van der Waals surface area contributed by atoms with E-state index in [0.717, 1.165) is 19.6 Å². The van der Waals surface area contributed by atoms with E-state index in [1.165, 1.54) is 0 Å². The molecule has 0 aromatic heterocycles. The Morgan fingerprint density at radius 3 is 3.08 bits per heavy atom. The standard InChI is InChI=1S/C9H18N2O2/c1-3-13-9(12)7-11-5-4-10-6-8(11)2/h8,10H,3-7H2,1-2H3/t8-/m0/s1. The molecule has 76 valence electrons. The molecule has 0 bridgehead atoms. The molecule has 1 heterocycles. The van der Waals surface area contributed by atoms with Gasteiger partial charge in [0.1, 0.15) is 0 Å². The summed E-state index contributed by atoms with van der Waals surface area (Å²) in [7, 11) is 0. The largest absolute Gasteiger partial charge is 0.465 e. The van der Waals surface area contributed by atoms with Crippen molar-refractivity contribution in [2.45, 2.75) is 19.9 Å². The average Bonchev–Trinajstić information content (AvgIpc) is 2.09. The molecule has 0 radical (unpaired) electrons. The minimum Gasteiger partial charge on any atom is -0.465 e. The van der Waals surface area contributed by atoms with Crippen molar-refractivity contribution in [3.8, 4) is 0 Å². The summed E-state index contributed by atoms with van der Waals surface area (Å²) in [5.41, 5.74) is 0. The fraction of sp³-hybridized carbons (Fsp3) is 0.889. The topological polar surface area (TPSA) is 41.6 Å². The van der Waals surface area contributed by atoms with Crippen LogP contribution in [0.25, 0.3) is 0 Å². The molecule has 0 aliphatic carbocycles. The van der Waals surface area contributed by atoms with Gasteiger partial charge < -0.3 is 10.1 Å². The van der Waals surface area contributed by atoms with E-state index in [0.29, 0.717) is 19.2 Å². The van der Waals surface area contributed by atoms with E-state index in [1.807, 2.05) is 6.92 Å². The monoisotopic (exact) mass is 186 g/mol. The maximum atomic E-state index is 11.2. The van der Waals surface area contributed by atoms with E-state index in [-0.39, 0.29) is 5.97 Å². The first kappa shape index (κ1) is 10.5. The highest BCUT2D eigenvalue weighted by Gasteiger charge is 2.20. The predicted octanol–water partition coefficient (Wildman–Crippen LogP) is -0.157. The summed E-state index contributed by atoms with van der Waals surface area (Å²) in [6.45, 7) is 7.70. The van der Waals surface area contributed by atoms with Gasteiger partial charge in [-0.2, -0.15) is 0 Å². The molecule has 1 atom stereocenters. The third-order valence-electron chi connectivity index (χ3n) is 2.28. The second-order valence-corrected chi connectivity index (χ2v) is 3.33. The van der Waals surface area contributed by atoms with Gasteiger partial charge in [-0.1, -0.05) is 0 Å². The highest BCUT2D eigenvalue weighted by atomic mass is 16.5. The van der Waals surface area contributed by atoms with Crippen LogP contribution in [0.2, 0.25) is 0 Å². The Bertz CT molecular complexity index is 173. The molecule has 0 saturated carbocycles. The highest BCUT2D eigenvalue weighted by Crippen LogP contribution is 2.01. The zero-order valence-corrected chi connectivity index (χ0v) is 8.38. The third-order valence-corrected chi connectivity index (χ3v) is 2.28. The molecule has 1 saturated heterocycles. The van der Waals surface area contributed by atoms with Crippen molar-refractivity contribution >= 4 is 5.97 Å². The van der Waals surface area contributed by atoms with Crippen LogP contribution in [0.5, 0.6) is 0 Å². The second kappa shape index (κ2) is 5.19. The summed E-state index contributed by atoms with van der Waals surface area (Å²) >= 11 is 0. The van der Waals surface area contributed by atoms with Gasteiger partial charge in [-0.25, -0.2) is 0 Å². The molecule has 4 nitrogen and oxygen atoms in total. The van der Waals surface area contributed by atoms with Gasteiger partial charge >= 0.3 is 5.97 Å². The van der Waals surface area contributed by atoms with Gasteiger partial charge in [-0.05, 0) is 13.8 Å². The first-order valence-corrected chi connectivity index (χ1v) is 4.84. The van der Waals surface area contributed by atoms with Crippen LogP contribution in [-0.2, 0) is 9.53 Å². The van der Waals surface area contributed by atoms with Crippen molar-refractivity contribution in [3.05, 3.63) is 0 Å². The molecule has 0 spiro atoms. The van der Waals surface area contributed by atoms with Gasteiger partial charge in [0.25, 0.3) is 0 Å². The van der Waals surface area contributed by atoms with Gasteiger partial charge in [0, 0.05) is 25.7 Å². The minimum atomic E-state index is -0.115. The van der Waals surface area contributed by atoms with Crippen molar-refractivity contribution < 1.29 is 9.53 Å². The maximum absolute atomic E-state index is 11.2. The number of piperazine rings is 1. The van der Waals surface area contributed by atoms with Gasteiger partial charge in [0.2, 0.25) is 0 Å². The Balaban J connectivity index is 2.29. The van der Waals surface area contributed by atoms with Crippen LogP contribution in [0.1, 0.15) is 13.8 Å². The van der Waals surface area contributed by atoms with Crippen LogP contribution < -0.4 is 5.32 Å². The molecular formula is C9H18N2O2. The van der Waals surface area contributed by atoms with Crippen LogP contribution in [0.15, 0.2) is 0 Å². The van der Waals surface area contributed by atoms with Crippen molar-refractivity contribution in [3.63, 3.8) is 0 Å². The minimum absolute atomic E-state index is 0.115. The van der Waals surface area contributed by atoms with E-state index >= 15 is 0 Å². The molecule has 0 aromatic rings. The number of nitrogens with one attached hydrogen (secondary N) is 1. The molecule has 13 heavy (non-hydrogen) atoms. The molecule has 1 aliphatic heterocycles. The summed E-state index contributed by atoms with van der Waals surface area (Å²) in [5.74, 6) is -0.115. The van der Waals surface area contributed by atoms with Crippen molar-refractivity contribution in [2.75, 3.05) is 32.8 Å². The predicted molar refractivity (Wildman–Crippen MR) is 50.5 cm³/mol. The number of nitrogens with zero attached hydrogens (tertiary/aromatic N) is 1. The summed E-state index contributed by atoms with van der Waals surface area (Å²) in [6, 6.07) is 0.429. The second-order valence-electron chi connectivity index (χ2n) is 3.33. The van der Waals surface area contributed by atoms with Gasteiger partial charge in [-0.15, -0.1) is 0 Å². The molecule has 1 N–H and O–H groups in total. The van der Waals surface area contributed by atoms with E-state index in [4.69, 9.17) is 4.74 Å². The van der Waals surface area contributed by atoms with Crippen LogP contribution in [0.3, 0.4) is 0 Å². The number of hydrogen-bond donors (Lipinski definition) is 1. The Hall–Kier alpha value is -0.610. The van der Waals surface area contributed by atoms with E-state index in [9.17, 15) is 4.79 Å². The molecule has 4 heteroatoms. The van der Waals surface area contributed by atoms with Crippen LogP contribution >= 0.6 is 0 Å².